The topological polar surface area (TPSA) is 107 Å². The van der Waals surface area contributed by atoms with Crippen molar-refractivity contribution in [3.8, 4) is 5.75 Å². The second-order valence-corrected chi connectivity index (χ2v) is 7.05. The van der Waals surface area contributed by atoms with Gasteiger partial charge in [0.25, 0.3) is 5.91 Å². The molecule has 0 spiro atoms. The quantitative estimate of drug-likeness (QED) is 0.354. The maximum Gasteiger partial charge on any atom is 0.257 e. The molecule has 3 N–H and O–H groups in total. The Hall–Kier alpha value is -3.94. The monoisotopic (exact) mass is 416 g/mol. The molecule has 2 heterocycles. The number of carbonyl (C=O) groups is 1. The summed E-state index contributed by atoms with van der Waals surface area (Å²) in [6, 6.07) is 15.0. The van der Waals surface area contributed by atoms with E-state index < -0.39 is 0 Å². The van der Waals surface area contributed by atoms with Crippen molar-refractivity contribution in [1.29, 1.82) is 0 Å². The summed E-state index contributed by atoms with van der Waals surface area (Å²) in [6.45, 7) is 2.63. The number of nitrogen functional groups attached to an aromatic ring is 1. The minimum Gasteiger partial charge on any atom is -0.496 e. The van der Waals surface area contributed by atoms with Crippen LogP contribution in [0.1, 0.15) is 35.7 Å². The van der Waals surface area contributed by atoms with Crippen molar-refractivity contribution >= 4 is 40.1 Å². The third-order valence-electron chi connectivity index (χ3n) is 4.97. The summed E-state index contributed by atoms with van der Waals surface area (Å²) >= 11 is 0. The van der Waals surface area contributed by atoms with E-state index in [1.54, 1.807) is 13.3 Å². The highest BCUT2D eigenvalue weighted by Gasteiger charge is 2.23. The Morgan fingerprint density at radius 2 is 1.87 bits per heavy atom. The molecule has 0 bridgehead atoms. The first-order valence-corrected chi connectivity index (χ1v) is 10.2. The van der Waals surface area contributed by atoms with Crippen LogP contribution in [0.4, 0.5) is 5.82 Å². The molecule has 0 saturated heterocycles. The number of methoxy groups -OCH3 is 1. The van der Waals surface area contributed by atoms with Crippen LogP contribution < -0.4 is 15.8 Å². The van der Waals surface area contributed by atoms with Crippen molar-refractivity contribution in [2.45, 2.75) is 19.8 Å². The van der Waals surface area contributed by atoms with Crippen molar-refractivity contribution in [2.24, 2.45) is 5.10 Å². The third-order valence-corrected chi connectivity index (χ3v) is 4.97. The van der Waals surface area contributed by atoms with Gasteiger partial charge in [0.15, 0.2) is 5.65 Å². The number of para-hydroxylation sites is 3. The van der Waals surface area contributed by atoms with Crippen LogP contribution in [0.2, 0.25) is 0 Å². The summed E-state index contributed by atoms with van der Waals surface area (Å²) in [5.74, 6) is 0.576. The van der Waals surface area contributed by atoms with Gasteiger partial charge in [-0.25, -0.2) is 9.97 Å². The van der Waals surface area contributed by atoms with Crippen LogP contribution in [0.3, 0.4) is 0 Å². The van der Waals surface area contributed by atoms with Crippen molar-refractivity contribution in [1.82, 2.24) is 20.0 Å². The fourth-order valence-electron chi connectivity index (χ4n) is 3.35. The first-order chi connectivity index (χ1) is 15.1. The van der Waals surface area contributed by atoms with Gasteiger partial charge in [-0.3, -0.25) is 4.79 Å². The number of nitrogens with two attached hydrogens (primary N) is 1. The summed E-state index contributed by atoms with van der Waals surface area (Å²) in [7, 11) is 1.60. The average Bonchev–Trinajstić information content (AvgIpc) is 3.06. The molecule has 0 aliphatic carbocycles. The van der Waals surface area contributed by atoms with Gasteiger partial charge in [-0.15, -0.1) is 0 Å². The molecule has 31 heavy (non-hydrogen) atoms. The highest BCUT2D eigenvalue weighted by Crippen LogP contribution is 2.28. The summed E-state index contributed by atoms with van der Waals surface area (Å²) in [4.78, 5) is 22.3. The van der Waals surface area contributed by atoms with Gasteiger partial charge in [0.1, 0.15) is 22.6 Å². The van der Waals surface area contributed by atoms with E-state index in [0.717, 1.165) is 18.4 Å². The number of hydrogen-bond donors (Lipinski definition) is 2. The molecule has 2 aromatic heterocycles. The Balaban J connectivity index is 1.87. The van der Waals surface area contributed by atoms with Crippen molar-refractivity contribution in [2.75, 3.05) is 19.4 Å². The molecule has 0 unspecified atom stereocenters. The minimum atomic E-state index is -0.285. The molecule has 4 aromatic rings. The molecule has 8 nitrogen and oxygen atoms in total. The number of carbonyl (C=O) groups excluding carboxylic acids is 1. The van der Waals surface area contributed by atoms with Gasteiger partial charge in [0.05, 0.1) is 24.4 Å². The van der Waals surface area contributed by atoms with Gasteiger partial charge < -0.3 is 15.8 Å². The number of aromatic nitrogens is 3. The SMILES string of the molecule is CCCCNC(=O)c1c(N)n(N=Cc2ccccc2OC)c2nc3ccccc3nc12. The van der Waals surface area contributed by atoms with E-state index in [2.05, 4.69) is 27.3 Å². The molecule has 4 rings (SSSR count). The Morgan fingerprint density at radius 1 is 1.16 bits per heavy atom. The van der Waals surface area contributed by atoms with Crippen LogP contribution in [-0.2, 0) is 0 Å². The van der Waals surface area contributed by atoms with Crippen LogP contribution >= 0.6 is 0 Å². The van der Waals surface area contributed by atoms with Crippen molar-refractivity contribution in [3.05, 3.63) is 59.7 Å². The highest BCUT2D eigenvalue weighted by molar-refractivity contribution is 6.10. The fraction of sp³-hybridized carbons (Fsp3) is 0.217. The number of unbranched alkanes of at least 4 members (excludes halogenated alkanes) is 1. The van der Waals surface area contributed by atoms with Crippen LogP contribution in [0, 0.1) is 0 Å². The molecule has 0 saturated carbocycles. The van der Waals surface area contributed by atoms with Gasteiger partial charge in [0, 0.05) is 12.1 Å². The minimum absolute atomic E-state index is 0.186. The van der Waals surface area contributed by atoms with E-state index in [-0.39, 0.29) is 17.3 Å². The predicted molar refractivity (Wildman–Crippen MR) is 123 cm³/mol. The van der Waals surface area contributed by atoms with Crippen molar-refractivity contribution < 1.29 is 9.53 Å². The van der Waals surface area contributed by atoms with E-state index in [9.17, 15) is 4.79 Å². The molecule has 0 radical (unpaired) electrons. The zero-order chi connectivity index (χ0) is 21.8. The smallest absolute Gasteiger partial charge is 0.257 e. The summed E-state index contributed by atoms with van der Waals surface area (Å²) < 4.78 is 6.84. The van der Waals surface area contributed by atoms with E-state index in [1.165, 1.54) is 4.68 Å². The number of benzene rings is 2. The molecule has 158 valence electrons. The van der Waals surface area contributed by atoms with Gasteiger partial charge >= 0.3 is 0 Å². The molecule has 0 aliphatic rings. The lowest BCUT2D eigenvalue weighted by atomic mass is 10.2. The number of nitrogens with one attached hydrogen (secondary N) is 1. The first kappa shape index (κ1) is 20.3. The number of anilines is 1. The molecular weight excluding hydrogens is 392 g/mol. The maximum atomic E-state index is 12.9. The Morgan fingerprint density at radius 3 is 2.61 bits per heavy atom. The van der Waals surface area contributed by atoms with Crippen LogP contribution in [0.25, 0.3) is 22.2 Å². The summed E-state index contributed by atoms with van der Waals surface area (Å²) in [5.41, 5.74) is 9.66. The fourth-order valence-corrected chi connectivity index (χ4v) is 3.35. The number of ether oxygens (including phenoxy) is 1. The zero-order valence-corrected chi connectivity index (χ0v) is 17.5. The van der Waals surface area contributed by atoms with E-state index in [4.69, 9.17) is 10.5 Å². The van der Waals surface area contributed by atoms with E-state index in [0.29, 0.717) is 34.5 Å². The second-order valence-electron chi connectivity index (χ2n) is 7.05. The molecule has 0 fully saturated rings. The van der Waals surface area contributed by atoms with Crippen LogP contribution in [0.15, 0.2) is 53.6 Å². The molecule has 8 heteroatoms. The number of nitrogens with zero attached hydrogens (tertiary/aromatic N) is 4. The summed E-state index contributed by atoms with van der Waals surface area (Å²) in [6.07, 6.45) is 3.49. The zero-order valence-electron chi connectivity index (χ0n) is 17.5. The Labute approximate surface area is 179 Å². The number of hydrogen-bond acceptors (Lipinski definition) is 6. The third kappa shape index (κ3) is 3.92. The standard InChI is InChI=1S/C23H24N6O2/c1-3-4-13-25-23(30)19-20-22(28-17-11-7-6-10-16(17)27-20)29(21(19)24)26-14-15-9-5-8-12-18(15)31-2/h5-12,14H,3-4,13,24H2,1-2H3,(H,25,30). The molecule has 1 amide bonds. The van der Waals surface area contributed by atoms with Crippen LogP contribution in [-0.4, -0.2) is 40.4 Å². The van der Waals surface area contributed by atoms with E-state index in [1.807, 2.05) is 48.5 Å². The Kier molecular flexibility index (Phi) is 5.79. The maximum absolute atomic E-state index is 12.9. The summed E-state index contributed by atoms with van der Waals surface area (Å²) in [5, 5.41) is 7.44. The number of fused-ring (bicyclic) bond motifs is 2. The second kappa shape index (κ2) is 8.83. The van der Waals surface area contributed by atoms with Crippen molar-refractivity contribution in [3.63, 3.8) is 0 Å². The first-order valence-electron chi connectivity index (χ1n) is 10.2. The average molecular weight is 416 g/mol. The van der Waals surface area contributed by atoms with E-state index >= 15 is 0 Å². The molecule has 0 aliphatic heterocycles. The van der Waals surface area contributed by atoms with Crippen LogP contribution in [0.5, 0.6) is 5.75 Å². The Bertz CT molecular complexity index is 1280. The largest absolute Gasteiger partial charge is 0.496 e. The van der Waals surface area contributed by atoms with Gasteiger partial charge in [-0.2, -0.15) is 9.78 Å². The normalized spacial score (nSPS) is 11.4. The molecular formula is C23H24N6O2. The lowest BCUT2D eigenvalue weighted by molar-refractivity contribution is 0.0955. The van der Waals surface area contributed by atoms with Gasteiger partial charge in [0.2, 0.25) is 0 Å². The number of amides is 1. The highest BCUT2D eigenvalue weighted by atomic mass is 16.5. The molecule has 0 atom stereocenters. The number of rotatable bonds is 7. The van der Waals surface area contributed by atoms with Gasteiger partial charge in [-0.1, -0.05) is 37.6 Å². The van der Waals surface area contributed by atoms with Gasteiger partial charge in [-0.05, 0) is 30.7 Å². The molecule has 2 aromatic carbocycles. The lowest BCUT2D eigenvalue weighted by Crippen LogP contribution is -2.25. The lowest BCUT2D eigenvalue weighted by Gasteiger charge is -2.05. The predicted octanol–water partition coefficient (Wildman–Crippen LogP) is 3.59.